The van der Waals surface area contributed by atoms with Gasteiger partial charge in [-0.1, -0.05) is 71.8 Å². The fraction of sp³-hybridized carbons (Fsp3) is 0.0638. The second-order valence-electron chi connectivity index (χ2n) is 13.5. The number of hydrogen-bond acceptors (Lipinski definition) is 8. The summed E-state index contributed by atoms with van der Waals surface area (Å²) in [6.07, 6.45) is 0. The van der Waals surface area contributed by atoms with Crippen molar-refractivity contribution >= 4 is 0 Å². The van der Waals surface area contributed by atoms with E-state index in [0.717, 1.165) is 0 Å². The molecule has 4 aromatic heterocycles. The molecule has 0 saturated heterocycles. The van der Waals surface area contributed by atoms with E-state index in [9.17, 15) is 17.6 Å². The average molecular weight is 986 g/mol. The van der Waals surface area contributed by atoms with Gasteiger partial charge in [-0.15, -0.1) is 12.1 Å². The van der Waals surface area contributed by atoms with Crippen LogP contribution >= 0.6 is 0 Å². The molecule has 60 heavy (non-hydrogen) atoms. The van der Waals surface area contributed by atoms with E-state index in [1.165, 1.54) is 84.9 Å². The van der Waals surface area contributed by atoms with Gasteiger partial charge in [0.15, 0.2) is 0 Å². The number of hydrogen-bond donors (Lipinski definition) is 0. The van der Waals surface area contributed by atoms with Gasteiger partial charge in [-0.25, -0.2) is 17.6 Å². The number of aromatic nitrogens is 4. The smallest absolute Gasteiger partial charge is 0.484 e. The Morgan fingerprint density at radius 1 is 0.433 bits per heavy atom. The number of ether oxygens (including phenoxy) is 4. The second kappa shape index (κ2) is 17.9. The third kappa shape index (κ3) is 9.68. The number of benzene rings is 4. The third-order valence-electron chi connectivity index (χ3n) is 8.88. The molecular weight excluding hydrogens is 956 g/mol. The Balaban J connectivity index is 0.00000544. The van der Waals surface area contributed by atoms with Crippen molar-refractivity contribution in [2.75, 3.05) is 0 Å². The fourth-order valence-electron chi connectivity index (χ4n) is 5.95. The monoisotopic (exact) mass is 985 g/mol. The molecule has 0 atom stereocenters. The van der Waals surface area contributed by atoms with E-state index < -0.39 is 28.7 Å². The van der Waals surface area contributed by atoms with Crippen molar-refractivity contribution in [1.29, 1.82) is 0 Å². The van der Waals surface area contributed by atoms with Crippen LogP contribution in [0.1, 0.15) is 25.2 Å². The summed E-state index contributed by atoms with van der Waals surface area (Å²) in [4.78, 5) is 19.1. The van der Waals surface area contributed by atoms with Crippen LogP contribution in [0.2, 0.25) is 0 Å². The fourth-order valence-corrected chi connectivity index (χ4v) is 5.95. The largest absolute Gasteiger partial charge is 2.00 e. The van der Waals surface area contributed by atoms with Crippen molar-refractivity contribution in [3.63, 3.8) is 0 Å². The topological polar surface area (TPSA) is 88.5 Å². The van der Waals surface area contributed by atoms with Crippen LogP contribution in [0.5, 0.6) is 46.5 Å². The molecule has 13 heteroatoms. The molecule has 8 aromatic rings. The minimum Gasteiger partial charge on any atom is -0.484 e. The van der Waals surface area contributed by atoms with Gasteiger partial charge in [0.25, 0.3) is 0 Å². The van der Waals surface area contributed by atoms with Gasteiger partial charge >= 0.3 is 21.1 Å². The molecule has 0 N–H and O–H groups in total. The first-order valence-corrected chi connectivity index (χ1v) is 18.1. The summed E-state index contributed by atoms with van der Waals surface area (Å²) in [7, 11) is 0. The van der Waals surface area contributed by atoms with E-state index in [2.05, 4.69) is 22.1 Å². The molecule has 0 aliphatic carbocycles. The van der Waals surface area contributed by atoms with Crippen LogP contribution in [0.4, 0.5) is 17.6 Å². The number of halogens is 4. The van der Waals surface area contributed by atoms with E-state index in [-0.39, 0.29) is 67.6 Å². The summed E-state index contributed by atoms with van der Waals surface area (Å²) in [6, 6.07) is 42.4. The van der Waals surface area contributed by atoms with E-state index in [1.54, 1.807) is 36.4 Å². The zero-order valence-corrected chi connectivity index (χ0v) is 33.9. The van der Waals surface area contributed by atoms with Crippen molar-refractivity contribution in [3.8, 4) is 69.0 Å². The molecule has 0 fully saturated rings. The van der Waals surface area contributed by atoms with Crippen LogP contribution in [-0.4, -0.2) is 19.9 Å². The molecule has 300 valence electrons. The van der Waals surface area contributed by atoms with Crippen LogP contribution in [0, 0.1) is 35.4 Å². The first-order chi connectivity index (χ1) is 28.6. The molecule has 0 saturated carbocycles. The quantitative estimate of drug-likeness (QED) is 0.0884. The van der Waals surface area contributed by atoms with Crippen LogP contribution in [0.3, 0.4) is 0 Å². The molecule has 0 aliphatic rings. The first kappa shape index (κ1) is 41.3. The van der Waals surface area contributed by atoms with E-state index in [1.807, 2.05) is 38.1 Å². The third-order valence-corrected chi connectivity index (χ3v) is 8.88. The SMILES string of the molecule is CC(C)(c1cccc(-c2[c-]cc(Oc3cccc(F)c3)nc2Oc2cccc(F)c2)n1)c1cccc(-c2[c-]cc(Oc3cccc(F)c3)nc2Oc2cccc(F)c2)n1.[Pt+2]. The molecule has 0 amide bonds. The van der Waals surface area contributed by atoms with E-state index in [0.29, 0.717) is 33.9 Å². The van der Waals surface area contributed by atoms with Gasteiger partial charge in [0.1, 0.15) is 69.8 Å². The minimum atomic E-state index is -0.819. The Bertz CT molecular complexity index is 2620. The maximum absolute atomic E-state index is 14.2. The Morgan fingerprint density at radius 2 is 0.767 bits per heavy atom. The van der Waals surface area contributed by atoms with Gasteiger partial charge in [-0.3, -0.25) is 9.97 Å². The van der Waals surface area contributed by atoms with E-state index in [4.69, 9.17) is 28.9 Å². The zero-order valence-electron chi connectivity index (χ0n) is 31.6. The van der Waals surface area contributed by atoms with Crippen molar-refractivity contribution < 1.29 is 57.6 Å². The van der Waals surface area contributed by atoms with Crippen molar-refractivity contribution in [2.24, 2.45) is 0 Å². The van der Waals surface area contributed by atoms with Crippen molar-refractivity contribution in [2.45, 2.75) is 19.3 Å². The molecule has 0 bridgehead atoms. The maximum atomic E-state index is 14.2. The summed E-state index contributed by atoms with van der Waals surface area (Å²) in [5, 5.41) is 0. The molecule has 8 nitrogen and oxygen atoms in total. The predicted molar refractivity (Wildman–Crippen MR) is 211 cm³/mol. The number of pyridine rings is 4. The molecule has 8 rings (SSSR count). The van der Waals surface area contributed by atoms with Gasteiger partial charge < -0.3 is 28.9 Å². The van der Waals surface area contributed by atoms with Crippen molar-refractivity contribution in [3.05, 3.63) is 192 Å². The molecule has 4 heterocycles. The van der Waals surface area contributed by atoms with Crippen LogP contribution in [0.25, 0.3) is 22.5 Å². The maximum Gasteiger partial charge on any atom is 2.00 e. The van der Waals surface area contributed by atoms with Crippen LogP contribution in [-0.2, 0) is 26.5 Å². The molecule has 0 unspecified atom stereocenters. The summed E-state index contributed by atoms with van der Waals surface area (Å²) in [5.74, 6) is -1.06. The Morgan fingerprint density at radius 3 is 1.12 bits per heavy atom. The Hall–Kier alpha value is -6.91. The molecular formula is C47H30F4N4O4Pt. The second-order valence-corrected chi connectivity index (χ2v) is 13.5. The van der Waals surface area contributed by atoms with Gasteiger partial charge in [-0.05, 0) is 85.9 Å². The average Bonchev–Trinajstić information content (AvgIpc) is 3.21. The van der Waals surface area contributed by atoms with Gasteiger partial charge in [0.05, 0.1) is 0 Å². The summed E-state index contributed by atoms with van der Waals surface area (Å²) in [5.41, 5.74) is 1.96. The molecule has 0 spiro atoms. The normalized spacial score (nSPS) is 11.0. The van der Waals surface area contributed by atoms with Crippen LogP contribution in [0.15, 0.2) is 146 Å². The summed E-state index contributed by atoms with van der Waals surface area (Å²) in [6.45, 7) is 3.91. The molecule has 0 radical (unpaired) electrons. The summed E-state index contributed by atoms with van der Waals surface area (Å²) >= 11 is 0. The Labute approximate surface area is 356 Å². The summed E-state index contributed by atoms with van der Waals surface area (Å²) < 4.78 is 80.0. The van der Waals surface area contributed by atoms with Crippen LogP contribution < -0.4 is 18.9 Å². The van der Waals surface area contributed by atoms with Crippen molar-refractivity contribution in [1.82, 2.24) is 19.9 Å². The Kier molecular flexibility index (Phi) is 12.3. The minimum absolute atomic E-state index is 0. The first-order valence-electron chi connectivity index (χ1n) is 18.1. The molecule has 4 aromatic carbocycles. The van der Waals surface area contributed by atoms with Gasteiger partial charge in [0, 0.05) is 41.1 Å². The zero-order chi connectivity index (χ0) is 40.9. The predicted octanol–water partition coefficient (Wildman–Crippen LogP) is 12.2. The number of nitrogens with zero attached hydrogens (tertiary/aromatic N) is 4. The number of rotatable bonds is 12. The van der Waals surface area contributed by atoms with Gasteiger partial charge in [-0.2, -0.15) is 0 Å². The van der Waals surface area contributed by atoms with Gasteiger partial charge in [0.2, 0.25) is 0 Å². The standard InChI is InChI=1S/C47H30F4N4O4.Pt/c1-47(2,41-19-7-17-39(52-41)37-21-23-43(56-33-13-3-9-29(48)25-33)54-45(37)58-35-15-5-11-31(50)27-35)42-20-8-18-40(53-42)38-22-24-44(57-34-14-4-10-30(49)26-34)55-46(38)59-36-16-6-12-32(51)28-36;/h3-20,23-28H,1-2H3;/q-2;+2. The molecule has 0 aliphatic heterocycles. The van der Waals surface area contributed by atoms with E-state index >= 15 is 0 Å².